The number of benzene rings is 3. The van der Waals surface area contributed by atoms with Crippen LogP contribution in [0.25, 0.3) is 38.8 Å². The Morgan fingerprint density at radius 3 is 2.18 bits per heavy atom. The molecular weight excluding hydrogens is 412 g/mol. The molecule has 0 saturated heterocycles. The topological polar surface area (TPSA) is 8.81 Å². The van der Waals surface area contributed by atoms with E-state index in [4.69, 9.17) is 0 Å². The lowest BCUT2D eigenvalue weighted by atomic mass is 9.87. The first-order valence-electron chi connectivity index (χ1n) is 12.3. The fraction of sp³-hybridized carbons (Fsp3) is 0.281. The maximum Gasteiger partial charge on any atom is 0.286 e. The molecule has 0 aliphatic carbocycles. The van der Waals surface area contributed by atoms with E-state index in [0.29, 0.717) is 5.92 Å². The molecule has 3 aromatic carbocycles. The second-order valence-corrected chi connectivity index (χ2v) is 10.9. The average Bonchev–Trinajstić information content (AvgIpc) is 3.13. The molecule has 5 aromatic rings. The Hall–Kier alpha value is -3.39. The number of rotatable bonds is 3. The van der Waals surface area contributed by atoms with Crippen LogP contribution in [0.2, 0.25) is 0 Å². The molecule has 0 atom stereocenters. The zero-order valence-electron chi connectivity index (χ0n) is 21.5. The Morgan fingerprint density at radius 2 is 1.50 bits per heavy atom. The van der Waals surface area contributed by atoms with E-state index in [-0.39, 0.29) is 5.41 Å². The number of pyridine rings is 1. The smallest absolute Gasteiger partial charge is 0.237 e. The number of fused-ring (bicyclic) bond motifs is 3. The van der Waals surface area contributed by atoms with Crippen LogP contribution >= 0.6 is 0 Å². The SMILES string of the molecule is Cc1c(C(C)C)c(-c2ccccc2)cc2c3ccccc3n(-c3cc(C(C)(C)C)cc[n+]3C)c12. The molecule has 5 rings (SSSR count). The summed E-state index contributed by atoms with van der Waals surface area (Å²) >= 11 is 0. The van der Waals surface area contributed by atoms with Crippen LogP contribution < -0.4 is 4.57 Å². The van der Waals surface area contributed by atoms with Gasteiger partial charge in [0, 0.05) is 22.4 Å². The molecule has 0 spiro atoms. The van der Waals surface area contributed by atoms with Gasteiger partial charge in [0.15, 0.2) is 0 Å². The highest BCUT2D eigenvalue weighted by molar-refractivity contribution is 6.12. The molecule has 0 radical (unpaired) electrons. The van der Waals surface area contributed by atoms with Crippen LogP contribution in [0.4, 0.5) is 0 Å². The first-order valence-corrected chi connectivity index (χ1v) is 12.3. The minimum atomic E-state index is 0.0837. The first-order chi connectivity index (χ1) is 16.2. The Balaban J connectivity index is 1.96. The van der Waals surface area contributed by atoms with E-state index in [1.165, 1.54) is 55.4 Å². The molecule has 0 aliphatic rings. The van der Waals surface area contributed by atoms with E-state index in [1.807, 2.05) is 0 Å². The van der Waals surface area contributed by atoms with Crippen molar-refractivity contribution in [1.82, 2.24) is 4.57 Å². The number of aromatic nitrogens is 2. The Kier molecular flexibility index (Phi) is 5.36. The van der Waals surface area contributed by atoms with Crippen molar-refractivity contribution < 1.29 is 4.57 Å². The van der Waals surface area contributed by atoms with Crippen molar-refractivity contribution in [2.45, 2.75) is 52.9 Å². The highest BCUT2D eigenvalue weighted by Gasteiger charge is 2.27. The summed E-state index contributed by atoms with van der Waals surface area (Å²) in [5.74, 6) is 1.62. The summed E-state index contributed by atoms with van der Waals surface area (Å²) in [6.07, 6.45) is 2.20. The van der Waals surface area contributed by atoms with Gasteiger partial charge in [-0.1, -0.05) is 77.1 Å². The standard InChI is InChI=1S/C32H35N2/c1-21(2)30-22(3)31-27(20-26(30)23-13-9-8-10-14-23)25-15-11-12-16-28(25)34(31)29-19-24(32(4,5)6)17-18-33(29)7/h8-21H,1-7H3/q+1. The van der Waals surface area contributed by atoms with Crippen LogP contribution in [-0.4, -0.2) is 4.57 Å². The van der Waals surface area contributed by atoms with Crippen molar-refractivity contribution in [3.8, 4) is 16.9 Å². The van der Waals surface area contributed by atoms with Crippen LogP contribution in [0, 0.1) is 6.92 Å². The van der Waals surface area contributed by atoms with Crippen molar-refractivity contribution >= 4 is 21.8 Å². The molecule has 2 nitrogen and oxygen atoms in total. The van der Waals surface area contributed by atoms with Crippen molar-refractivity contribution in [2.24, 2.45) is 7.05 Å². The molecule has 172 valence electrons. The van der Waals surface area contributed by atoms with Crippen molar-refractivity contribution in [3.63, 3.8) is 0 Å². The number of hydrogen-bond donors (Lipinski definition) is 0. The molecule has 2 heteroatoms. The second-order valence-electron chi connectivity index (χ2n) is 10.9. The molecule has 0 bridgehead atoms. The lowest BCUT2D eigenvalue weighted by Crippen LogP contribution is -2.34. The summed E-state index contributed by atoms with van der Waals surface area (Å²) < 4.78 is 4.73. The third-order valence-corrected chi connectivity index (χ3v) is 7.13. The first kappa shape index (κ1) is 22.4. The predicted octanol–water partition coefficient (Wildman–Crippen LogP) is 8.00. The molecule has 34 heavy (non-hydrogen) atoms. The van der Waals surface area contributed by atoms with Gasteiger partial charge in [-0.25, -0.2) is 4.57 Å². The monoisotopic (exact) mass is 447 g/mol. The largest absolute Gasteiger partial charge is 0.286 e. The van der Waals surface area contributed by atoms with Gasteiger partial charge in [-0.15, -0.1) is 0 Å². The molecule has 2 aromatic heterocycles. The van der Waals surface area contributed by atoms with Gasteiger partial charge >= 0.3 is 0 Å². The van der Waals surface area contributed by atoms with E-state index >= 15 is 0 Å². The summed E-state index contributed by atoms with van der Waals surface area (Å²) in [6.45, 7) is 13.8. The van der Waals surface area contributed by atoms with Gasteiger partial charge in [-0.2, -0.15) is 4.57 Å². The zero-order chi connectivity index (χ0) is 24.2. The molecule has 0 N–H and O–H groups in total. The maximum atomic E-state index is 2.48. The molecule has 0 fully saturated rings. The van der Waals surface area contributed by atoms with E-state index in [1.54, 1.807) is 0 Å². The average molecular weight is 448 g/mol. The summed E-state index contributed by atoms with van der Waals surface area (Å²) in [6, 6.07) is 26.7. The van der Waals surface area contributed by atoms with Crippen LogP contribution in [0.15, 0.2) is 79.0 Å². The summed E-state index contributed by atoms with van der Waals surface area (Å²) in [4.78, 5) is 0. The predicted molar refractivity (Wildman–Crippen MR) is 145 cm³/mol. The van der Waals surface area contributed by atoms with E-state index in [0.717, 1.165) is 0 Å². The molecule has 0 aliphatic heterocycles. The number of para-hydroxylation sites is 1. The summed E-state index contributed by atoms with van der Waals surface area (Å²) in [7, 11) is 2.15. The summed E-state index contributed by atoms with van der Waals surface area (Å²) in [5, 5.41) is 2.62. The van der Waals surface area contributed by atoms with Gasteiger partial charge in [0.1, 0.15) is 11.0 Å². The number of nitrogens with zero attached hydrogens (tertiary/aromatic N) is 2. The highest BCUT2D eigenvalue weighted by atomic mass is 15.1. The molecule has 2 heterocycles. The molecule has 0 unspecified atom stereocenters. The Labute approximate surface area is 203 Å². The van der Waals surface area contributed by atoms with Crippen LogP contribution in [0.3, 0.4) is 0 Å². The fourth-order valence-corrected chi connectivity index (χ4v) is 5.42. The highest BCUT2D eigenvalue weighted by Crippen LogP contribution is 2.41. The molecule has 0 amide bonds. The quantitative estimate of drug-likeness (QED) is 0.248. The van der Waals surface area contributed by atoms with Crippen LogP contribution in [0.5, 0.6) is 0 Å². The van der Waals surface area contributed by atoms with Gasteiger partial charge in [0.05, 0.1) is 13.2 Å². The second kappa shape index (κ2) is 8.13. The van der Waals surface area contributed by atoms with Crippen LogP contribution in [-0.2, 0) is 12.5 Å². The lowest BCUT2D eigenvalue weighted by molar-refractivity contribution is -0.665. The molecular formula is C32H35N2+. The number of hydrogen-bond acceptors (Lipinski definition) is 0. The van der Waals surface area contributed by atoms with E-state index in [9.17, 15) is 0 Å². The lowest BCUT2D eigenvalue weighted by Gasteiger charge is -2.20. The van der Waals surface area contributed by atoms with E-state index in [2.05, 4.69) is 137 Å². The van der Waals surface area contributed by atoms with Crippen LogP contribution in [0.1, 0.15) is 57.2 Å². The Morgan fingerprint density at radius 1 is 0.824 bits per heavy atom. The van der Waals surface area contributed by atoms with Gasteiger partial charge in [-0.3, -0.25) is 0 Å². The van der Waals surface area contributed by atoms with Gasteiger partial charge < -0.3 is 0 Å². The third kappa shape index (κ3) is 3.53. The van der Waals surface area contributed by atoms with Gasteiger partial charge in [0.25, 0.3) is 5.82 Å². The number of aryl methyl sites for hydroxylation is 2. The van der Waals surface area contributed by atoms with Crippen molar-refractivity contribution in [2.75, 3.05) is 0 Å². The minimum Gasteiger partial charge on any atom is -0.237 e. The van der Waals surface area contributed by atoms with Gasteiger partial charge in [0.2, 0.25) is 0 Å². The minimum absolute atomic E-state index is 0.0837. The Bertz CT molecular complexity index is 1510. The third-order valence-electron chi connectivity index (χ3n) is 7.13. The zero-order valence-corrected chi connectivity index (χ0v) is 21.5. The van der Waals surface area contributed by atoms with Gasteiger partial charge in [-0.05, 0) is 64.8 Å². The normalized spacial score (nSPS) is 12.2. The van der Waals surface area contributed by atoms with Crippen molar-refractivity contribution in [1.29, 1.82) is 0 Å². The van der Waals surface area contributed by atoms with E-state index < -0.39 is 0 Å². The molecule has 0 saturated carbocycles. The van der Waals surface area contributed by atoms with Crippen molar-refractivity contribution in [3.05, 3.63) is 95.7 Å². The maximum absolute atomic E-state index is 2.48. The fourth-order valence-electron chi connectivity index (χ4n) is 5.42. The summed E-state index contributed by atoms with van der Waals surface area (Å²) in [5.41, 5.74) is 9.41.